The van der Waals surface area contributed by atoms with Gasteiger partial charge in [-0.15, -0.1) is 11.8 Å². The molecule has 0 bridgehead atoms. The molecule has 0 aliphatic rings. The van der Waals surface area contributed by atoms with Crippen molar-refractivity contribution in [2.24, 2.45) is 7.05 Å². The molecule has 3 aromatic rings. The first-order chi connectivity index (χ1) is 15.3. The first kappa shape index (κ1) is 23.7. The topological polar surface area (TPSA) is 82.3 Å². The summed E-state index contributed by atoms with van der Waals surface area (Å²) in [7, 11) is 1.74. The van der Waals surface area contributed by atoms with E-state index in [2.05, 4.69) is 5.32 Å². The van der Waals surface area contributed by atoms with Crippen molar-refractivity contribution in [2.45, 2.75) is 31.3 Å². The van der Waals surface area contributed by atoms with E-state index in [1.807, 2.05) is 36.4 Å². The zero-order valence-corrected chi connectivity index (χ0v) is 19.6. The number of para-hydroxylation sites is 1. The summed E-state index contributed by atoms with van der Waals surface area (Å²) in [5.41, 5.74) is 1.05. The van der Waals surface area contributed by atoms with Crippen LogP contribution < -0.4 is 10.9 Å². The van der Waals surface area contributed by atoms with E-state index in [0.717, 1.165) is 4.90 Å². The zero-order chi connectivity index (χ0) is 23.3. The predicted octanol–water partition coefficient (Wildman–Crippen LogP) is 4.19. The van der Waals surface area contributed by atoms with Gasteiger partial charge in [-0.25, -0.2) is 4.68 Å². The molecule has 0 spiro atoms. The fourth-order valence-corrected chi connectivity index (χ4v) is 4.22. The number of ether oxygens (including phenoxy) is 1. The second-order valence-corrected chi connectivity index (χ2v) is 8.63. The Bertz CT molecular complexity index is 1170. The molecule has 0 saturated heterocycles. The largest absolute Gasteiger partial charge is 0.453 e. The molecule has 0 saturated carbocycles. The molecule has 1 unspecified atom stereocenters. The lowest BCUT2D eigenvalue weighted by Gasteiger charge is -2.13. The third-order valence-electron chi connectivity index (χ3n) is 4.88. The van der Waals surface area contributed by atoms with Crippen molar-refractivity contribution < 1.29 is 14.3 Å². The van der Waals surface area contributed by atoms with Gasteiger partial charge in [0.1, 0.15) is 5.69 Å². The first-order valence-corrected chi connectivity index (χ1v) is 11.4. The Balaban J connectivity index is 1.59. The van der Waals surface area contributed by atoms with E-state index in [0.29, 0.717) is 22.2 Å². The van der Waals surface area contributed by atoms with E-state index in [9.17, 15) is 14.4 Å². The summed E-state index contributed by atoms with van der Waals surface area (Å²) in [4.78, 5) is 38.5. The Morgan fingerprint density at radius 1 is 1.12 bits per heavy atom. The van der Waals surface area contributed by atoms with Crippen LogP contribution in [0.1, 0.15) is 19.0 Å². The molecule has 7 nitrogen and oxygen atoms in total. The summed E-state index contributed by atoms with van der Waals surface area (Å²) in [6, 6.07) is 16.5. The standard InChI is InChI=1S/C23H24ClN3O4S/c1-15-21(23(30)27(26(15)3)17-9-5-4-6-10-17)25-22(29)16(2)31-20(28)13-14-32-19-12-8-7-11-18(19)24/h4-12,16H,13-14H2,1-3H3,(H,25,29). The molecule has 1 atom stereocenters. The van der Waals surface area contributed by atoms with Crippen molar-refractivity contribution in [3.8, 4) is 5.69 Å². The lowest BCUT2D eigenvalue weighted by molar-refractivity contribution is -0.152. The van der Waals surface area contributed by atoms with Crippen LogP contribution in [0, 0.1) is 6.92 Å². The second kappa shape index (κ2) is 10.6. The summed E-state index contributed by atoms with van der Waals surface area (Å²) in [6.07, 6.45) is -0.921. The van der Waals surface area contributed by atoms with Crippen molar-refractivity contribution >= 4 is 40.9 Å². The fourth-order valence-electron chi connectivity index (χ4n) is 3.05. The Morgan fingerprint density at radius 2 is 1.78 bits per heavy atom. The number of carbonyl (C=O) groups is 2. The molecule has 1 amide bonds. The van der Waals surface area contributed by atoms with Crippen molar-refractivity contribution in [2.75, 3.05) is 11.1 Å². The minimum Gasteiger partial charge on any atom is -0.453 e. The zero-order valence-electron chi connectivity index (χ0n) is 18.0. The molecule has 32 heavy (non-hydrogen) atoms. The SMILES string of the molecule is Cc1c(NC(=O)C(C)OC(=O)CCSc2ccccc2Cl)c(=O)n(-c2ccccc2)n1C. The van der Waals surface area contributed by atoms with Crippen LogP contribution in [0.5, 0.6) is 0 Å². The Hall–Kier alpha value is -2.97. The fraction of sp³-hybridized carbons (Fsp3) is 0.261. The molecule has 1 aromatic heterocycles. The van der Waals surface area contributed by atoms with Crippen LogP contribution in [0.4, 0.5) is 5.69 Å². The number of nitrogens with zero attached hydrogens (tertiary/aromatic N) is 2. The monoisotopic (exact) mass is 473 g/mol. The molecule has 1 N–H and O–H groups in total. The van der Waals surface area contributed by atoms with E-state index in [4.69, 9.17) is 16.3 Å². The quantitative estimate of drug-likeness (QED) is 0.392. The van der Waals surface area contributed by atoms with Gasteiger partial charge in [-0.1, -0.05) is 41.9 Å². The number of thioether (sulfide) groups is 1. The summed E-state index contributed by atoms with van der Waals surface area (Å²) in [6.45, 7) is 3.21. The van der Waals surface area contributed by atoms with Crippen LogP contribution in [0.15, 0.2) is 64.3 Å². The number of esters is 1. The molecule has 0 radical (unpaired) electrons. The van der Waals surface area contributed by atoms with E-state index in [-0.39, 0.29) is 17.7 Å². The summed E-state index contributed by atoms with van der Waals surface area (Å²) < 4.78 is 8.37. The van der Waals surface area contributed by atoms with E-state index >= 15 is 0 Å². The number of carbonyl (C=O) groups excluding carboxylic acids is 2. The van der Waals surface area contributed by atoms with Gasteiger partial charge < -0.3 is 10.1 Å². The summed E-state index contributed by atoms with van der Waals surface area (Å²) >= 11 is 7.54. The highest BCUT2D eigenvalue weighted by Crippen LogP contribution is 2.27. The van der Waals surface area contributed by atoms with Gasteiger partial charge in [-0.3, -0.25) is 19.1 Å². The molecule has 1 heterocycles. The van der Waals surface area contributed by atoms with Gasteiger partial charge in [0.15, 0.2) is 6.10 Å². The number of aromatic nitrogens is 2. The van der Waals surface area contributed by atoms with Crippen molar-refractivity contribution in [3.63, 3.8) is 0 Å². The highest BCUT2D eigenvalue weighted by atomic mass is 35.5. The Labute approximate surface area is 195 Å². The number of amides is 1. The molecule has 3 rings (SSSR count). The molecule has 0 aliphatic carbocycles. The van der Waals surface area contributed by atoms with Crippen LogP contribution in [-0.4, -0.2) is 33.1 Å². The van der Waals surface area contributed by atoms with Gasteiger partial charge in [0.2, 0.25) is 0 Å². The van der Waals surface area contributed by atoms with E-state index in [1.54, 1.807) is 36.9 Å². The number of benzene rings is 2. The van der Waals surface area contributed by atoms with Gasteiger partial charge in [0.05, 0.1) is 22.8 Å². The molecular formula is C23H24ClN3O4S. The second-order valence-electron chi connectivity index (χ2n) is 7.09. The lowest BCUT2D eigenvalue weighted by atomic mass is 10.3. The third kappa shape index (κ3) is 5.44. The minimum absolute atomic E-state index is 0.124. The Kier molecular flexibility index (Phi) is 7.82. The molecule has 2 aromatic carbocycles. The third-order valence-corrected chi connectivity index (χ3v) is 6.40. The number of hydrogen-bond acceptors (Lipinski definition) is 5. The van der Waals surface area contributed by atoms with Crippen molar-refractivity contribution in [3.05, 3.63) is 75.7 Å². The Morgan fingerprint density at radius 3 is 2.47 bits per heavy atom. The van der Waals surface area contributed by atoms with Crippen LogP contribution in [0.25, 0.3) is 5.69 Å². The van der Waals surface area contributed by atoms with Gasteiger partial charge >= 0.3 is 5.97 Å². The average molecular weight is 474 g/mol. The highest BCUT2D eigenvalue weighted by Gasteiger charge is 2.23. The average Bonchev–Trinajstić information content (AvgIpc) is 2.98. The van der Waals surface area contributed by atoms with Gasteiger partial charge in [0.25, 0.3) is 11.5 Å². The van der Waals surface area contributed by atoms with Crippen molar-refractivity contribution in [1.82, 2.24) is 9.36 Å². The van der Waals surface area contributed by atoms with Crippen LogP contribution >= 0.6 is 23.4 Å². The van der Waals surface area contributed by atoms with Gasteiger partial charge in [-0.2, -0.15) is 0 Å². The van der Waals surface area contributed by atoms with E-state index < -0.39 is 18.0 Å². The minimum atomic E-state index is -1.04. The molecule has 9 heteroatoms. The highest BCUT2D eigenvalue weighted by molar-refractivity contribution is 7.99. The number of halogens is 1. The number of anilines is 1. The number of nitrogens with one attached hydrogen (secondary N) is 1. The first-order valence-electron chi connectivity index (χ1n) is 10.0. The smallest absolute Gasteiger partial charge is 0.307 e. The van der Waals surface area contributed by atoms with Crippen LogP contribution in [0.3, 0.4) is 0 Å². The maximum atomic E-state index is 12.9. The molecule has 0 fully saturated rings. The predicted molar refractivity (Wildman–Crippen MR) is 127 cm³/mol. The van der Waals surface area contributed by atoms with Crippen molar-refractivity contribution in [1.29, 1.82) is 0 Å². The molecule has 0 aliphatic heterocycles. The van der Waals surface area contributed by atoms with Gasteiger partial charge in [-0.05, 0) is 38.1 Å². The lowest BCUT2D eigenvalue weighted by Crippen LogP contribution is -2.32. The number of rotatable bonds is 8. The summed E-state index contributed by atoms with van der Waals surface area (Å²) in [5.74, 6) is -0.599. The van der Waals surface area contributed by atoms with Gasteiger partial charge in [0, 0.05) is 17.7 Å². The maximum absolute atomic E-state index is 12.9. The summed E-state index contributed by atoms with van der Waals surface area (Å²) in [5, 5.41) is 3.23. The molecule has 168 valence electrons. The van der Waals surface area contributed by atoms with E-state index in [1.165, 1.54) is 23.4 Å². The number of hydrogen-bond donors (Lipinski definition) is 1. The van der Waals surface area contributed by atoms with Crippen LogP contribution in [-0.2, 0) is 21.4 Å². The normalized spacial score (nSPS) is 11.8. The van der Waals surface area contributed by atoms with Crippen LogP contribution in [0.2, 0.25) is 5.02 Å². The molecular weight excluding hydrogens is 450 g/mol. The maximum Gasteiger partial charge on any atom is 0.307 e.